The molecule has 2 saturated heterocycles. The van der Waals surface area contributed by atoms with Gasteiger partial charge in [-0.3, -0.25) is 9.59 Å². The minimum absolute atomic E-state index is 0.0719. The van der Waals surface area contributed by atoms with E-state index < -0.39 is 0 Å². The SMILES string of the molecule is O=C(NC[C@H]1CCCO1)c1cc(NC(=O)C2CCC2)ccc1N1CCCCC1. The lowest BCUT2D eigenvalue weighted by atomic mass is 9.85. The third-order valence-corrected chi connectivity index (χ3v) is 6.20. The van der Waals surface area contributed by atoms with Crippen molar-refractivity contribution in [3.05, 3.63) is 23.8 Å². The summed E-state index contributed by atoms with van der Waals surface area (Å²) in [4.78, 5) is 27.6. The molecule has 152 valence electrons. The lowest BCUT2D eigenvalue weighted by molar-refractivity contribution is -0.122. The number of rotatable bonds is 6. The largest absolute Gasteiger partial charge is 0.376 e. The average Bonchev–Trinajstić information content (AvgIpc) is 3.19. The van der Waals surface area contributed by atoms with Crippen molar-refractivity contribution in [2.24, 2.45) is 5.92 Å². The standard InChI is InChI=1S/C22H31N3O3/c26-21(16-6-4-7-16)24-17-9-10-20(25-11-2-1-3-12-25)19(14-17)22(27)23-15-18-8-5-13-28-18/h9-10,14,16,18H,1-8,11-13,15H2,(H,23,27)(H,24,26)/t18-/m1/s1. The highest BCUT2D eigenvalue weighted by molar-refractivity contribution is 6.02. The zero-order valence-corrected chi connectivity index (χ0v) is 16.5. The van der Waals surface area contributed by atoms with E-state index in [0.29, 0.717) is 17.8 Å². The van der Waals surface area contributed by atoms with Crippen LogP contribution >= 0.6 is 0 Å². The summed E-state index contributed by atoms with van der Waals surface area (Å²) in [6, 6.07) is 5.76. The highest BCUT2D eigenvalue weighted by atomic mass is 16.5. The van der Waals surface area contributed by atoms with Gasteiger partial charge in [-0.2, -0.15) is 0 Å². The van der Waals surface area contributed by atoms with Gasteiger partial charge in [0, 0.05) is 43.5 Å². The second kappa shape index (κ2) is 8.95. The molecule has 6 heteroatoms. The van der Waals surface area contributed by atoms with Gasteiger partial charge >= 0.3 is 0 Å². The number of nitrogens with zero attached hydrogens (tertiary/aromatic N) is 1. The van der Waals surface area contributed by atoms with Gasteiger partial charge in [0.2, 0.25) is 5.91 Å². The minimum Gasteiger partial charge on any atom is -0.376 e. The fourth-order valence-corrected chi connectivity index (χ4v) is 4.23. The first-order valence-electron chi connectivity index (χ1n) is 10.8. The summed E-state index contributed by atoms with van der Waals surface area (Å²) in [6.07, 6.45) is 8.77. The summed E-state index contributed by atoms with van der Waals surface area (Å²) in [7, 11) is 0. The molecule has 0 bridgehead atoms. The van der Waals surface area contributed by atoms with E-state index >= 15 is 0 Å². The first kappa shape index (κ1) is 19.2. The predicted octanol–water partition coefficient (Wildman–Crippen LogP) is 3.32. The van der Waals surface area contributed by atoms with Crippen molar-refractivity contribution in [2.45, 2.75) is 57.5 Å². The van der Waals surface area contributed by atoms with Crippen molar-refractivity contribution in [3.63, 3.8) is 0 Å². The lowest BCUT2D eigenvalue weighted by Crippen LogP contribution is -2.35. The highest BCUT2D eigenvalue weighted by Crippen LogP contribution is 2.30. The van der Waals surface area contributed by atoms with Gasteiger partial charge in [0.1, 0.15) is 0 Å². The fraction of sp³-hybridized carbons (Fsp3) is 0.636. The van der Waals surface area contributed by atoms with Gasteiger partial charge in [0.15, 0.2) is 0 Å². The molecule has 0 unspecified atom stereocenters. The number of carbonyl (C=O) groups excluding carboxylic acids is 2. The number of ether oxygens (including phenoxy) is 1. The van der Waals surface area contributed by atoms with E-state index in [4.69, 9.17) is 4.74 Å². The minimum atomic E-state index is -0.0872. The van der Waals surface area contributed by atoms with Crippen LogP contribution in [0.25, 0.3) is 0 Å². The normalized spacial score (nSPS) is 22.6. The lowest BCUT2D eigenvalue weighted by Gasteiger charge is -2.31. The van der Waals surface area contributed by atoms with Crippen LogP contribution in [0.2, 0.25) is 0 Å². The van der Waals surface area contributed by atoms with Crippen LogP contribution in [0.1, 0.15) is 61.7 Å². The molecule has 1 aromatic rings. The maximum absolute atomic E-state index is 13.0. The Morgan fingerprint density at radius 3 is 2.54 bits per heavy atom. The number of carbonyl (C=O) groups is 2. The van der Waals surface area contributed by atoms with E-state index in [9.17, 15) is 9.59 Å². The van der Waals surface area contributed by atoms with Crippen molar-refractivity contribution in [3.8, 4) is 0 Å². The van der Waals surface area contributed by atoms with Crippen LogP contribution in [0.3, 0.4) is 0 Å². The number of nitrogens with one attached hydrogen (secondary N) is 2. The Morgan fingerprint density at radius 1 is 1.04 bits per heavy atom. The Balaban J connectivity index is 1.50. The molecule has 0 radical (unpaired) electrons. The predicted molar refractivity (Wildman–Crippen MR) is 110 cm³/mol. The molecular weight excluding hydrogens is 354 g/mol. The number of benzene rings is 1. The number of hydrogen-bond donors (Lipinski definition) is 2. The highest BCUT2D eigenvalue weighted by Gasteiger charge is 2.26. The van der Waals surface area contributed by atoms with E-state index in [1.807, 2.05) is 18.2 Å². The maximum Gasteiger partial charge on any atom is 0.253 e. The van der Waals surface area contributed by atoms with E-state index in [2.05, 4.69) is 15.5 Å². The van der Waals surface area contributed by atoms with Gasteiger partial charge in [-0.1, -0.05) is 6.42 Å². The Labute approximate surface area is 167 Å². The van der Waals surface area contributed by atoms with Crippen LogP contribution in [0.5, 0.6) is 0 Å². The molecule has 2 aliphatic heterocycles. The Morgan fingerprint density at radius 2 is 1.86 bits per heavy atom. The fourth-order valence-electron chi connectivity index (χ4n) is 4.23. The molecule has 1 aliphatic carbocycles. The molecule has 0 spiro atoms. The summed E-state index contributed by atoms with van der Waals surface area (Å²) in [6.45, 7) is 3.26. The molecule has 1 saturated carbocycles. The molecule has 3 fully saturated rings. The number of hydrogen-bond acceptors (Lipinski definition) is 4. The molecule has 3 aliphatic rings. The summed E-state index contributed by atoms with van der Waals surface area (Å²) >= 11 is 0. The number of amides is 2. The third-order valence-electron chi connectivity index (χ3n) is 6.20. The summed E-state index contributed by atoms with van der Waals surface area (Å²) < 4.78 is 5.63. The second-order valence-corrected chi connectivity index (χ2v) is 8.24. The monoisotopic (exact) mass is 385 g/mol. The van der Waals surface area contributed by atoms with Crippen molar-refractivity contribution in [2.75, 3.05) is 36.5 Å². The molecule has 4 rings (SSSR count). The van der Waals surface area contributed by atoms with Crippen LogP contribution in [-0.4, -0.2) is 44.2 Å². The van der Waals surface area contributed by atoms with E-state index in [1.165, 1.54) is 6.42 Å². The van der Waals surface area contributed by atoms with E-state index in [0.717, 1.165) is 70.3 Å². The van der Waals surface area contributed by atoms with Gasteiger partial charge in [-0.25, -0.2) is 0 Å². The van der Waals surface area contributed by atoms with Gasteiger partial charge in [-0.15, -0.1) is 0 Å². The molecule has 1 aromatic carbocycles. The quantitative estimate of drug-likeness (QED) is 0.788. The van der Waals surface area contributed by atoms with Gasteiger partial charge < -0.3 is 20.3 Å². The Bertz CT molecular complexity index is 705. The topological polar surface area (TPSA) is 70.7 Å². The van der Waals surface area contributed by atoms with Gasteiger partial charge in [0.25, 0.3) is 5.91 Å². The molecule has 2 amide bonds. The van der Waals surface area contributed by atoms with Crippen LogP contribution < -0.4 is 15.5 Å². The van der Waals surface area contributed by atoms with Crippen LogP contribution in [0, 0.1) is 5.92 Å². The smallest absolute Gasteiger partial charge is 0.253 e. The number of piperidine rings is 1. The summed E-state index contributed by atoms with van der Waals surface area (Å²) in [5.74, 6) is 0.108. The van der Waals surface area contributed by atoms with E-state index in [-0.39, 0.29) is 23.8 Å². The molecule has 2 heterocycles. The number of anilines is 2. The zero-order chi connectivity index (χ0) is 19.3. The van der Waals surface area contributed by atoms with E-state index in [1.54, 1.807) is 0 Å². The van der Waals surface area contributed by atoms with Crippen LogP contribution in [-0.2, 0) is 9.53 Å². The average molecular weight is 386 g/mol. The Kier molecular flexibility index (Phi) is 6.15. The van der Waals surface area contributed by atoms with Crippen molar-refractivity contribution in [1.82, 2.24) is 5.32 Å². The van der Waals surface area contributed by atoms with Crippen molar-refractivity contribution in [1.29, 1.82) is 0 Å². The van der Waals surface area contributed by atoms with Crippen molar-refractivity contribution < 1.29 is 14.3 Å². The zero-order valence-electron chi connectivity index (χ0n) is 16.5. The van der Waals surface area contributed by atoms with Crippen LogP contribution in [0.15, 0.2) is 18.2 Å². The Hall–Kier alpha value is -2.08. The second-order valence-electron chi connectivity index (χ2n) is 8.24. The van der Waals surface area contributed by atoms with Crippen LogP contribution in [0.4, 0.5) is 11.4 Å². The molecule has 28 heavy (non-hydrogen) atoms. The third kappa shape index (κ3) is 4.49. The first-order chi connectivity index (χ1) is 13.7. The molecule has 1 atom stereocenters. The van der Waals surface area contributed by atoms with Gasteiger partial charge in [0.05, 0.1) is 11.7 Å². The molecule has 2 N–H and O–H groups in total. The van der Waals surface area contributed by atoms with Crippen molar-refractivity contribution >= 4 is 23.2 Å². The summed E-state index contributed by atoms with van der Waals surface area (Å²) in [5.41, 5.74) is 2.32. The molecule has 0 aromatic heterocycles. The van der Waals surface area contributed by atoms with Gasteiger partial charge in [-0.05, 0) is 63.1 Å². The molecular formula is C22H31N3O3. The summed E-state index contributed by atoms with van der Waals surface area (Å²) in [5, 5.41) is 6.05. The maximum atomic E-state index is 13.0. The first-order valence-corrected chi connectivity index (χ1v) is 10.8. The molecule has 6 nitrogen and oxygen atoms in total.